The predicted molar refractivity (Wildman–Crippen MR) is 61.8 cm³/mol. The smallest absolute Gasteiger partial charge is 0.325 e. The first-order chi connectivity index (χ1) is 7.93. The van der Waals surface area contributed by atoms with Crippen LogP contribution in [0.4, 0.5) is 4.39 Å². The van der Waals surface area contributed by atoms with E-state index in [2.05, 4.69) is 15.9 Å². The molecule has 0 fully saturated rings. The van der Waals surface area contributed by atoms with Crippen LogP contribution in [0.2, 0.25) is 0 Å². The maximum atomic E-state index is 13.9. The predicted octanol–water partition coefficient (Wildman–Crippen LogP) is 1.69. The summed E-state index contributed by atoms with van der Waals surface area (Å²) in [5.74, 6) is -1.76. The Morgan fingerprint density at radius 1 is 1.53 bits per heavy atom. The minimum Gasteiger partial charge on any atom is -0.493 e. The largest absolute Gasteiger partial charge is 0.493 e. The van der Waals surface area contributed by atoms with Crippen LogP contribution in [0.15, 0.2) is 10.5 Å². The summed E-state index contributed by atoms with van der Waals surface area (Å²) in [6.45, 7) is 0. The van der Waals surface area contributed by atoms with Crippen LogP contribution in [-0.2, 0) is 4.79 Å². The second-order valence-electron chi connectivity index (χ2n) is 3.15. The number of carboxylic acid groups (broad SMARTS) is 1. The Bertz CT molecular complexity index is 452. The number of hydrogen-bond acceptors (Lipinski definition) is 4. The number of hydrogen-bond donors (Lipinski definition) is 2. The van der Waals surface area contributed by atoms with E-state index in [9.17, 15) is 9.18 Å². The number of carbonyl (C=O) groups is 1. The molecule has 94 valence electrons. The first-order valence-corrected chi connectivity index (χ1v) is 5.31. The molecule has 17 heavy (non-hydrogen) atoms. The zero-order chi connectivity index (χ0) is 13.2. The lowest BCUT2D eigenvalue weighted by Gasteiger charge is -2.15. The van der Waals surface area contributed by atoms with Gasteiger partial charge in [0.2, 0.25) is 0 Å². The second kappa shape index (κ2) is 5.33. The molecular weight excluding hydrogens is 297 g/mol. The average molecular weight is 308 g/mol. The first-order valence-electron chi connectivity index (χ1n) is 4.52. The van der Waals surface area contributed by atoms with E-state index < -0.39 is 17.8 Å². The van der Waals surface area contributed by atoms with E-state index in [1.165, 1.54) is 20.3 Å². The normalized spacial score (nSPS) is 12.1. The van der Waals surface area contributed by atoms with Crippen LogP contribution >= 0.6 is 15.9 Å². The number of benzene rings is 1. The summed E-state index contributed by atoms with van der Waals surface area (Å²) in [7, 11) is 2.71. The fourth-order valence-corrected chi connectivity index (χ4v) is 1.89. The standard InChI is InChI=1S/C10H11BrFNO4/c1-16-5-3-4(8(13)10(14)15)7(12)6(11)9(5)17-2/h3,8H,13H2,1-2H3,(H,14,15). The van der Waals surface area contributed by atoms with Gasteiger partial charge in [0.25, 0.3) is 0 Å². The maximum absolute atomic E-state index is 13.9. The van der Waals surface area contributed by atoms with Gasteiger partial charge in [0.1, 0.15) is 11.9 Å². The lowest BCUT2D eigenvalue weighted by Crippen LogP contribution is -2.22. The van der Waals surface area contributed by atoms with Crippen molar-refractivity contribution in [2.45, 2.75) is 6.04 Å². The van der Waals surface area contributed by atoms with Crippen molar-refractivity contribution in [2.75, 3.05) is 14.2 Å². The maximum Gasteiger partial charge on any atom is 0.325 e. The lowest BCUT2D eigenvalue weighted by molar-refractivity contribution is -0.138. The zero-order valence-corrected chi connectivity index (χ0v) is 10.7. The molecule has 5 nitrogen and oxygen atoms in total. The number of ether oxygens (including phenoxy) is 2. The summed E-state index contributed by atoms with van der Waals surface area (Å²) in [5, 5.41) is 8.76. The van der Waals surface area contributed by atoms with Crippen LogP contribution < -0.4 is 15.2 Å². The van der Waals surface area contributed by atoms with Crippen LogP contribution in [0.25, 0.3) is 0 Å². The molecule has 0 saturated carbocycles. The number of carboxylic acids is 1. The monoisotopic (exact) mass is 307 g/mol. The molecule has 0 radical (unpaired) electrons. The molecule has 0 bridgehead atoms. The highest BCUT2D eigenvalue weighted by atomic mass is 79.9. The van der Waals surface area contributed by atoms with Crippen LogP contribution in [0.1, 0.15) is 11.6 Å². The molecule has 0 aromatic heterocycles. The van der Waals surface area contributed by atoms with E-state index in [4.69, 9.17) is 20.3 Å². The van der Waals surface area contributed by atoms with Crippen LogP contribution in [0.3, 0.4) is 0 Å². The van der Waals surface area contributed by atoms with Gasteiger partial charge in [0.15, 0.2) is 11.5 Å². The van der Waals surface area contributed by atoms with Crippen LogP contribution in [0, 0.1) is 5.82 Å². The highest BCUT2D eigenvalue weighted by Crippen LogP contribution is 2.40. The Hall–Kier alpha value is -1.34. The van der Waals surface area contributed by atoms with Gasteiger partial charge in [0, 0.05) is 5.56 Å². The molecular formula is C10H11BrFNO4. The van der Waals surface area contributed by atoms with Gasteiger partial charge in [-0.2, -0.15) is 0 Å². The summed E-state index contributed by atoms with van der Waals surface area (Å²) in [6, 6.07) is -0.261. The van der Waals surface area contributed by atoms with E-state index in [0.717, 1.165) is 0 Å². The van der Waals surface area contributed by atoms with E-state index in [1.807, 2.05) is 0 Å². The lowest BCUT2D eigenvalue weighted by atomic mass is 10.1. The molecule has 0 aliphatic carbocycles. The number of methoxy groups -OCH3 is 2. The van der Waals surface area contributed by atoms with Gasteiger partial charge in [-0.05, 0) is 22.0 Å². The highest BCUT2D eigenvalue weighted by molar-refractivity contribution is 9.10. The molecule has 0 aliphatic rings. The average Bonchev–Trinajstić information content (AvgIpc) is 2.31. The van der Waals surface area contributed by atoms with E-state index in [1.54, 1.807) is 0 Å². The zero-order valence-electron chi connectivity index (χ0n) is 9.16. The fraction of sp³-hybridized carbons (Fsp3) is 0.300. The molecule has 0 amide bonds. The molecule has 0 saturated heterocycles. The van der Waals surface area contributed by atoms with Crippen molar-refractivity contribution >= 4 is 21.9 Å². The minimum absolute atomic E-state index is 0.0222. The molecule has 0 spiro atoms. The molecule has 1 aromatic rings. The fourth-order valence-electron chi connectivity index (χ4n) is 1.31. The molecule has 1 aromatic carbocycles. The number of rotatable bonds is 4. The molecule has 1 atom stereocenters. The summed E-state index contributed by atoms with van der Waals surface area (Å²) < 4.78 is 23.7. The summed E-state index contributed by atoms with van der Waals surface area (Å²) in [5.41, 5.74) is 5.19. The Kier molecular flexibility index (Phi) is 4.30. The quantitative estimate of drug-likeness (QED) is 0.884. The Morgan fingerprint density at radius 3 is 2.53 bits per heavy atom. The van der Waals surface area contributed by atoms with E-state index in [-0.39, 0.29) is 21.5 Å². The van der Waals surface area contributed by atoms with Crippen molar-refractivity contribution in [3.05, 3.63) is 21.9 Å². The third-order valence-corrected chi connectivity index (χ3v) is 2.89. The Morgan fingerprint density at radius 2 is 2.12 bits per heavy atom. The van der Waals surface area contributed by atoms with Crippen molar-refractivity contribution in [1.82, 2.24) is 0 Å². The van der Waals surface area contributed by atoms with Gasteiger partial charge in [-0.25, -0.2) is 4.39 Å². The van der Waals surface area contributed by atoms with Crippen LogP contribution in [-0.4, -0.2) is 25.3 Å². The molecule has 0 aliphatic heterocycles. The number of nitrogens with two attached hydrogens (primary N) is 1. The van der Waals surface area contributed by atoms with Crippen molar-refractivity contribution in [3.8, 4) is 11.5 Å². The molecule has 7 heteroatoms. The Labute approximate surface area is 105 Å². The summed E-state index contributed by atoms with van der Waals surface area (Å²) in [6.07, 6.45) is 0. The number of aliphatic carboxylic acids is 1. The van der Waals surface area contributed by atoms with Crippen molar-refractivity contribution in [1.29, 1.82) is 0 Å². The highest BCUT2D eigenvalue weighted by Gasteiger charge is 2.25. The minimum atomic E-state index is -1.47. The van der Waals surface area contributed by atoms with Crippen molar-refractivity contribution in [2.24, 2.45) is 5.73 Å². The van der Waals surface area contributed by atoms with Gasteiger partial charge in [-0.3, -0.25) is 4.79 Å². The van der Waals surface area contributed by atoms with E-state index in [0.29, 0.717) is 0 Å². The second-order valence-corrected chi connectivity index (χ2v) is 3.94. The van der Waals surface area contributed by atoms with Crippen molar-refractivity contribution in [3.63, 3.8) is 0 Å². The van der Waals surface area contributed by atoms with Gasteiger partial charge in [-0.15, -0.1) is 0 Å². The number of halogens is 2. The van der Waals surface area contributed by atoms with Gasteiger partial charge >= 0.3 is 5.97 Å². The van der Waals surface area contributed by atoms with Crippen molar-refractivity contribution < 1.29 is 23.8 Å². The summed E-state index contributed by atoms with van der Waals surface area (Å²) in [4.78, 5) is 10.7. The molecule has 1 rings (SSSR count). The third-order valence-electron chi connectivity index (χ3n) is 2.18. The van der Waals surface area contributed by atoms with Gasteiger partial charge < -0.3 is 20.3 Å². The topological polar surface area (TPSA) is 81.8 Å². The third kappa shape index (κ3) is 2.50. The van der Waals surface area contributed by atoms with Crippen LogP contribution in [0.5, 0.6) is 11.5 Å². The SMILES string of the molecule is COc1cc(C(N)C(=O)O)c(F)c(Br)c1OC. The summed E-state index contributed by atoms with van der Waals surface area (Å²) >= 11 is 2.97. The van der Waals surface area contributed by atoms with Gasteiger partial charge in [-0.1, -0.05) is 0 Å². The molecule has 3 N–H and O–H groups in total. The molecule has 0 heterocycles. The first kappa shape index (κ1) is 13.7. The van der Waals surface area contributed by atoms with Gasteiger partial charge in [0.05, 0.1) is 18.7 Å². The molecule has 1 unspecified atom stereocenters. The van der Waals surface area contributed by atoms with E-state index >= 15 is 0 Å². The Balaban J connectivity index is 3.44.